The predicted octanol–water partition coefficient (Wildman–Crippen LogP) is 0.448. The van der Waals surface area contributed by atoms with E-state index >= 15 is 0 Å². The number of aromatic nitrogens is 1. The van der Waals surface area contributed by atoms with Gasteiger partial charge in [-0.1, -0.05) is 0 Å². The van der Waals surface area contributed by atoms with Crippen LogP contribution >= 0.6 is 0 Å². The summed E-state index contributed by atoms with van der Waals surface area (Å²) in [6, 6.07) is 6.85. The van der Waals surface area contributed by atoms with E-state index in [1.807, 2.05) is 19.1 Å². The fourth-order valence-corrected chi connectivity index (χ4v) is 3.44. The topological polar surface area (TPSA) is 107 Å². The molecule has 0 atom stereocenters. The quantitative estimate of drug-likeness (QED) is 0.759. The normalized spacial score (nSPS) is 16.6. The number of morpholine rings is 1. The van der Waals surface area contributed by atoms with Crippen molar-refractivity contribution in [1.29, 1.82) is 0 Å². The highest BCUT2D eigenvalue weighted by Gasteiger charge is 2.32. The standard InChI is InChI=1S/C18H18N4O4/c1-10-8-11(21-4-6-26-7-5-21)2-3-13(10)22-14(23)9-12-15(16(22)19)18(25)20-17(12)24/h2-3,8-9H,4-7,19H2,1H3,(H,20,24,25). The van der Waals surface area contributed by atoms with Gasteiger partial charge in [0.25, 0.3) is 17.4 Å². The van der Waals surface area contributed by atoms with Gasteiger partial charge in [0, 0.05) is 24.8 Å². The van der Waals surface area contributed by atoms with E-state index in [2.05, 4.69) is 10.2 Å². The Morgan fingerprint density at radius 3 is 2.50 bits per heavy atom. The van der Waals surface area contributed by atoms with Gasteiger partial charge in [-0.3, -0.25) is 24.3 Å². The number of hydrogen-bond donors (Lipinski definition) is 2. The number of anilines is 2. The van der Waals surface area contributed by atoms with Crippen LogP contribution in [0.15, 0.2) is 29.1 Å². The molecule has 2 aliphatic rings. The summed E-state index contributed by atoms with van der Waals surface area (Å²) in [7, 11) is 0. The van der Waals surface area contributed by atoms with Crippen molar-refractivity contribution in [3.63, 3.8) is 0 Å². The van der Waals surface area contributed by atoms with E-state index in [4.69, 9.17) is 10.5 Å². The summed E-state index contributed by atoms with van der Waals surface area (Å²) in [5.74, 6) is -1.21. The van der Waals surface area contributed by atoms with Crippen molar-refractivity contribution in [3.8, 4) is 5.69 Å². The molecule has 8 heteroatoms. The molecule has 3 heterocycles. The molecule has 8 nitrogen and oxygen atoms in total. The minimum atomic E-state index is -0.597. The smallest absolute Gasteiger partial charge is 0.262 e. The molecule has 2 aliphatic heterocycles. The van der Waals surface area contributed by atoms with Crippen LogP contribution in [-0.4, -0.2) is 42.7 Å². The van der Waals surface area contributed by atoms with Gasteiger partial charge in [-0.15, -0.1) is 0 Å². The zero-order valence-corrected chi connectivity index (χ0v) is 14.2. The number of nitrogens with zero attached hydrogens (tertiary/aromatic N) is 2. The summed E-state index contributed by atoms with van der Waals surface area (Å²) >= 11 is 0. The van der Waals surface area contributed by atoms with Gasteiger partial charge in [0.05, 0.1) is 30.0 Å². The van der Waals surface area contributed by atoms with Crippen LogP contribution in [-0.2, 0) is 4.74 Å². The molecule has 0 spiro atoms. The number of hydrogen-bond acceptors (Lipinski definition) is 6. The lowest BCUT2D eigenvalue weighted by molar-refractivity contribution is 0.0880. The molecule has 1 aromatic carbocycles. The molecule has 2 amide bonds. The van der Waals surface area contributed by atoms with Crippen molar-refractivity contribution < 1.29 is 14.3 Å². The summed E-state index contributed by atoms with van der Waals surface area (Å²) in [5.41, 5.74) is 8.17. The summed E-state index contributed by atoms with van der Waals surface area (Å²) in [6.07, 6.45) is 0. The minimum absolute atomic E-state index is 0.0244. The van der Waals surface area contributed by atoms with Gasteiger partial charge < -0.3 is 15.4 Å². The summed E-state index contributed by atoms with van der Waals surface area (Å²) < 4.78 is 6.64. The third-order valence-electron chi connectivity index (χ3n) is 4.75. The predicted molar refractivity (Wildman–Crippen MR) is 96.0 cm³/mol. The highest BCUT2D eigenvalue weighted by atomic mass is 16.5. The molecule has 1 saturated heterocycles. The average Bonchev–Trinajstić information content (AvgIpc) is 2.91. The van der Waals surface area contributed by atoms with Crippen LogP contribution in [0.1, 0.15) is 26.3 Å². The number of carbonyl (C=O) groups is 2. The van der Waals surface area contributed by atoms with Crippen LogP contribution in [0.4, 0.5) is 11.5 Å². The van der Waals surface area contributed by atoms with E-state index in [-0.39, 0.29) is 16.9 Å². The van der Waals surface area contributed by atoms with Crippen molar-refractivity contribution >= 4 is 23.3 Å². The number of rotatable bonds is 2. The summed E-state index contributed by atoms with van der Waals surface area (Å²) in [6.45, 7) is 4.86. The number of nitrogen functional groups attached to an aromatic ring is 1. The molecule has 3 N–H and O–H groups in total. The maximum atomic E-state index is 12.6. The monoisotopic (exact) mass is 354 g/mol. The second-order valence-electron chi connectivity index (χ2n) is 6.35. The van der Waals surface area contributed by atoms with E-state index in [0.29, 0.717) is 18.9 Å². The van der Waals surface area contributed by atoms with Crippen molar-refractivity contribution in [3.05, 3.63) is 51.3 Å². The largest absolute Gasteiger partial charge is 0.384 e. The number of carbonyl (C=O) groups excluding carboxylic acids is 2. The number of nitrogens with one attached hydrogen (secondary N) is 1. The van der Waals surface area contributed by atoms with E-state index in [1.165, 1.54) is 4.57 Å². The number of amides is 2. The summed E-state index contributed by atoms with van der Waals surface area (Å²) in [5, 5.41) is 2.17. The summed E-state index contributed by atoms with van der Waals surface area (Å²) in [4.78, 5) is 38.5. The van der Waals surface area contributed by atoms with Gasteiger partial charge >= 0.3 is 0 Å². The number of pyridine rings is 1. The first-order valence-electron chi connectivity index (χ1n) is 8.32. The number of imide groups is 1. The first kappa shape index (κ1) is 16.3. The van der Waals surface area contributed by atoms with Crippen LogP contribution in [0.5, 0.6) is 0 Å². The fraction of sp³-hybridized carbons (Fsp3) is 0.278. The van der Waals surface area contributed by atoms with E-state index in [9.17, 15) is 14.4 Å². The molecule has 134 valence electrons. The molecule has 0 radical (unpaired) electrons. The Balaban J connectivity index is 1.81. The molecular formula is C18H18N4O4. The van der Waals surface area contributed by atoms with E-state index in [1.54, 1.807) is 6.07 Å². The first-order chi connectivity index (χ1) is 12.5. The molecule has 2 aromatic rings. The van der Waals surface area contributed by atoms with Crippen LogP contribution < -0.4 is 21.5 Å². The van der Waals surface area contributed by atoms with Gasteiger partial charge in [0.1, 0.15) is 5.82 Å². The zero-order chi connectivity index (χ0) is 18.4. The van der Waals surface area contributed by atoms with Crippen molar-refractivity contribution in [2.45, 2.75) is 6.92 Å². The molecular weight excluding hydrogens is 336 g/mol. The maximum Gasteiger partial charge on any atom is 0.262 e. The van der Waals surface area contributed by atoms with Gasteiger partial charge in [-0.05, 0) is 30.7 Å². The van der Waals surface area contributed by atoms with Gasteiger partial charge in [0.2, 0.25) is 0 Å². The van der Waals surface area contributed by atoms with Gasteiger partial charge in [-0.2, -0.15) is 0 Å². The molecule has 1 fully saturated rings. The number of ether oxygens (including phenoxy) is 1. The molecule has 4 rings (SSSR count). The van der Waals surface area contributed by atoms with E-state index in [0.717, 1.165) is 30.4 Å². The second-order valence-corrected chi connectivity index (χ2v) is 6.35. The fourth-order valence-electron chi connectivity index (χ4n) is 3.44. The van der Waals surface area contributed by atoms with Gasteiger partial charge in [0.15, 0.2) is 0 Å². The molecule has 0 bridgehead atoms. The second kappa shape index (κ2) is 5.99. The Kier molecular flexibility index (Phi) is 3.77. The third-order valence-corrected chi connectivity index (χ3v) is 4.75. The number of nitrogens with two attached hydrogens (primary N) is 1. The molecule has 1 aromatic heterocycles. The maximum absolute atomic E-state index is 12.6. The lowest BCUT2D eigenvalue weighted by Crippen LogP contribution is -2.36. The average molecular weight is 354 g/mol. The van der Waals surface area contributed by atoms with Crippen molar-refractivity contribution in [2.75, 3.05) is 36.9 Å². The number of benzene rings is 1. The van der Waals surface area contributed by atoms with Crippen LogP contribution in [0.3, 0.4) is 0 Å². The van der Waals surface area contributed by atoms with E-state index < -0.39 is 17.4 Å². The van der Waals surface area contributed by atoms with Crippen LogP contribution in [0.25, 0.3) is 5.69 Å². The Morgan fingerprint density at radius 2 is 1.81 bits per heavy atom. The first-order valence-corrected chi connectivity index (χ1v) is 8.32. The minimum Gasteiger partial charge on any atom is -0.384 e. The SMILES string of the molecule is Cc1cc(N2CCOCC2)ccc1-n1c(N)c2c(cc1=O)C(=O)NC2=O. The number of fused-ring (bicyclic) bond motifs is 1. The van der Waals surface area contributed by atoms with Crippen LogP contribution in [0.2, 0.25) is 0 Å². The number of aryl methyl sites for hydroxylation is 1. The Labute approximate surface area is 149 Å². The highest BCUT2D eigenvalue weighted by molar-refractivity contribution is 6.23. The van der Waals surface area contributed by atoms with Gasteiger partial charge in [-0.25, -0.2) is 0 Å². The van der Waals surface area contributed by atoms with Crippen molar-refractivity contribution in [1.82, 2.24) is 9.88 Å². The Bertz CT molecular complexity index is 989. The Morgan fingerprint density at radius 1 is 1.08 bits per heavy atom. The van der Waals surface area contributed by atoms with Crippen LogP contribution in [0, 0.1) is 6.92 Å². The molecule has 26 heavy (non-hydrogen) atoms. The lowest BCUT2D eigenvalue weighted by Gasteiger charge is -2.29. The molecule has 0 saturated carbocycles. The Hall–Kier alpha value is -3.13. The third kappa shape index (κ3) is 2.46. The molecule has 0 aliphatic carbocycles. The highest BCUT2D eigenvalue weighted by Crippen LogP contribution is 2.27. The molecule has 0 unspecified atom stereocenters. The van der Waals surface area contributed by atoms with Crippen molar-refractivity contribution in [2.24, 2.45) is 0 Å². The lowest BCUT2D eigenvalue weighted by atomic mass is 10.1. The zero-order valence-electron chi connectivity index (χ0n) is 14.2.